The van der Waals surface area contributed by atoms with Gasteiger partial charge in [-0.05, 0) is 35.9 Å². The zero-order chi connectivity index (χ0) is 18.9. The smallest absolute Gasteiger partial charge is 0.257 e. The van der Waals surface area contributed by atoms with Gasteiger partial charge in [0.1, 0.15) is 11.5 Å². The molecule has 136 valence electrons. The van der Waals surface area contributed by atoms with Crippen LogP contribution in [0.3, 0.4) is 0 Å². The molecule has 5 heteroatoms. The minimum Gasteiger partial charge on any atom is -0.457 e. The normalized spacial score (nSPS) is 11.6. The quantitative estimate of drug-likeness (QED) is 0.429. The molecule has 4 nitrogen and oxygen atoms in total. The van der Waals surface area contributed by atoms with Crippen LogP contribution in [0.1, 0.15) is 20.8 Å². The molecule has 0 fully saturated rings. The van der Waals surface area contributed by atoms with Crippen molar-refractivity contribution < 1.29 is 9.53 Å². The maximum atomic E-state index is 12.7. The number of amides is 1. The van der Waals surface area contributed by atoms with Crippen molar-refractivity contribution in [2.45, 2.75) is 6.42 Å². The van der Waals surface area contributed by atoms with Crippen LogP contribution in [0.15, 0.2) is 78.9 Å². The molecule has 5 rings (SSSR count). The Kier molecular flexibility index (Phi) is 4.14. The van der Waals surface area contributed by atoms with Crippen molar-refractivity contribution >= 4 is 22.4 Å². The van der Waals surface area contributed by atoms with Gasteiger partial charge in [0.15, 0.2) is 5.13 Å². The van der Waals surface area contributed by atoms with Gasteiger partial charge >= 0.3 is 0 Å². The van der Waals surface area contributed by atoms with Crippen LogP contribution >= 0.6 is 11.3 Å². The van der Waals surface area contributed by atoms with Crippen LogP contribution in [0.4, 0.5) is 5.13 Å². The van der Waals surface area contributed by atoms with Gasteiger partial charge in [0.25, 0.3) is 5.91 Å². The summed E-state index contributed by atoms with van der Waals surface area (Å²) in [6, 6.07) is 24.9. The average Bonchev–Trinajstić information content (AvgIpc) is 3.26. The number of aromatic nitrogens is 1. The summed E-state index contributed by atoms with van der Waals surface area (Å²) in [6.07, 6.45) is 0.874. The standard InChI is InChI=1S/C23H16N2O2S/c26-22(16-8-6-11-18(13-16)27-17-9-2-1-3-10-17)25-23-24-21-19-12-5-4-7-15(19)14-20(21)28-23/h1-13H,14H2,(H,24,25,26). The first-order chi connectivity index (χ1) is 13.8. The topological polar surface area (TPSA) is 51.2 Å². The van der Waals surface area contributed by atoms with Crippen molar-refractivity contribution in [2.24, 2.45) is 0 Å². The number of nitrogens with one attached hydrogen (secondary N) is 1. The van der Waals surface area contributed by atoms with E-state index in [1.807, 2.05) is 54.6 Å². The van der Waals surface area contributed by atoms with Crippen LogP contribution in [-0.2, 0) is 6.42 Å². The second kappa shape index (κ2) is 6.94. The van der Waals surface area contributed by atoms with Gasteiger partial charge in [-0.3, -0.25) is 10.1 Å². The average molecular weight is 384 g/mol. The lowest BCUT2D eigenvalue weighted by molar-refractivity contribution is 0.102. The third-order valence-corrected chi connectivity index (χ3v) is 5.59. The fourth-order valence-corrected chi connectivity index (χ4v) is 4.30. The molecular formula is C23H16N2O2S. The number of carbonyl (C=O) groups excluding carboxylic acids is 1. The molecule has 1 heterocycles. The molecule has 0 spiro atoms. The third-order valence-electron chi connectivity index (χ3n) is 4.62. The molecule has 1 amide bonds. The number of carbonyl (C=O) groups is 1. The van der Waals surface area contributed by atoms with Gasteiger partial charge in [-0.2, -0.15) is 0 Å². The lowest BCUT2D eigenvalue weighted by Crippen LogP contribution is -2.11. The molecule has 1 aromatic heterocycles. The summed E-state index contributed by atoms with van der Waals surface area (Å²) in [5, 5.41) is 3.55. The van der Waals surface area contributed by atoms with Gasteiger partial charge in [0.05, 0.1) is 5.69 Å². The van der Waals surface area contributed by atoms with E-state index >= 15 is 0 Å². The van der Waals surface area contributed by atoms with E-state index in [0.717, 1.165) is 23.4 Å². The van der Waals surface area contributed by atoms with Crippen LogP contribution in [0.2, 0.25) is 0 Å². The fourth-order valence-electron chi connectivity index (χ4n) is 3.31. The summed E-state index contributed by atoms with van der Waals surface area (Å²) in [5.74, 6) is 1.16. The predicted octanol–water partition coefficient (Wildman–Crippen LogP) is 5.76. The number of ether oxygens (including phenoxy) is 1. The summed E-state index contributed by atoms with van der Waals surface area (Å²) in [7, 11) is 0. The van der Waals surface area contributed by atoms with Crippen molar-refractivity contribution in [1.82, 2.24) is 4.98 Å². The summed E-state index contributed by atoms with van der Waals surface area (Å²) < 4.78 is 5.82. The molecule has 1 aliphatic carbocycles. The molecule has 0 bridgehead atoms. The van der Waals surface area contributed by atoms with E-state index in [1.54, 1.807) is 12.1 Å². The van der Waals surface area contributed by atoms with Crippen LogP contribution in [0.5, 0.6) is 11.5 Å². The molecule has 0 atom stereocenters. The van der Waals surface area contributed by atoms with Crippen molar-refractivity contribution in [3.8, 4) is 22.8 Å². The van der Waals surface area contributed by atoms with Gasteiger partial charge in [0, 0.05) is 22.4 Å². The number of fused-ring (bicyclic) bond motifs is 3. The summed E-state index contributed by atoms with van der Waals surface area (Å²) in [6.45, 7) is 0. The zero-order valence-electron chi connectivity index (χ0n) is 14.9. The van der Waals surface area contributed by atoms with Gasteiger partial charge in [0.2, 0.25) is 0 Å². The maximum Gasteiger partial charge on any atom is 0.257 e. The number of rotatable bonds is 4. The van der Waals surface area contributed by atoms with Crippen molar-refractivity contribution in [1.29, 1.82) is 0 Å². The van der Waals surface area contributed by atoms with E-state index < -0.39 is 0 Å². The SMILES string of the molecule is O=C(Nc1nc2c(s1)Cc1ccccc1-2)c1cccc(Oc2ccccc2)c1. The Morgan fingerprint density at radius 3 is 2.61 bits per heavy atom. The second-order valence-electron chi connectivity index (χ2n) is 6.52. The van der Waals surface area contributed by atoms with Crippen molar-refractivity contribution in [3.63, 3.8) is 0 Å². The van der Waals surface area contributed by atoms with E-state index in [2.05, 4.69) is 22.4 Å². The minimum absolute atomic E-state index is 0.195. The molecule has 4 aromatic rings. The van der Waals surface area contributed by atoms with Crippen LogP contribution < -0.4 is 10.1 Å². The molecule has 0 saturated heterocycles. The van der Waals surface area contributed by atoms with Crippen molar-refractivity contribution in [3.05, 3.63) is 94.9 Å². The Labute approximate surface area is 166 Å². The maximum absolute atomic E-state index is 12.7. The Balaban J connectivity index is 1.34. The van der Waals surface area contributed by atoms with Crippen LogP contribution in [-0.4, -0.2) is 10.9 Å². The zero-order valence-corrected chi connectivity index (χ0v) is 15.7. The molecule has 28 heavy (non-hydrogen) atoms. The molecule has 0 saturated carbocycles. The third kappa shape index (κ3) is 3.17. The number of para-hydroxylation sites is 1. The Bertz CT molecular complexity index is 1170. The highest BCUT2D eigenvalue weighted by atomic mass is 32.1. The molecule has 0 unspecified atom stereocenters. The molecule has 0 aliphatic heterocycles. The molecular weight excluding hydrogens is 368 g/mol. The van der Waals surface area contributed by atoms with Crippen LogP contribution in [0.25, 0.3) is 11.3 Å². The number of thiazole rings is 1. The van der Waals surface area contributed by atoms with Gasteiger partial charge in [-0.1, -0.05) is 48.5 Å². The predicted molar refractivity (Wildman–Crippen MR) is 111 cm³/mol. The molecule has 3 aromatic carbocycles. The summed E-state index contributed by atoms with van der Waals surface area (Å²) in [4.78, 5) is 18.5. The van der Waals surface area contributed by atoms with Gasteiger partial charge < -0.3 is 4.74 Å². The van der Waals surface area contributed by atoms with E-state index in [0.29, 0.717) is 16.4 Å². The lowest BCUT2D eigenvalue weighted by atomic mass is 10.1. The Morgan fingerprint density at radius 1 is 0.929 bits per heavy atom. The number of anilines is 1. The summed E-state index contributed by atoms with van der Waals surface area (Å²) in [5.41, 5.74) is 3.97. The highest BCUT2D eigenvalue weighted by Gasteiger charge is 2.23. The monoisotopic (exact) mass is 384 g/mol. The number of nitrogens with zero attached hydrogens (tertiary/aromatic N) is 1. The Hall–Kier alpha value is -3.44. The lowest BCUT2D eigenvalue weighted by Gasteiger charge is -2.07. The Morgan fingerprint density at radius 2 is 1.71 bits per heavy atom. The second-order valence-corrected chi connectivity index (χ2v) is 7.61. The molecule has 1 N–H and O–H groups in total. The van der Waals surface area contributed by atoms with Crippen LogP contribution in [0, 0.1) is 0 Å². The molecule has 1 aliphatic rings. The van der Waals surface area contributed by atoms with Crippen molar-refractivity contribution in [2.75, 3.05) is 5.32 Å². The van der Waals surface area contributed by atoms with E-state index in [4.69, 9.17) is 4.74 Å². The van der Waals surface area contributed by atoms with E-state index in [9.17, 15) is 4.79 Å². The van der Waals surface area contributed by atoms with E-state index in [-0.39, 0.29) is 5.91 Å². The fraction of sp³-hybridized carbons (Fsp3) is 0.0435. The van der Waals surface area contributed by atoms with Gasteiger partial charge in [-0.15, -0.1) is 11.3 Å². The number of benzene rings is 3. The molecule has 0 radical (unpaired) electrons. The summed E-state index contributed by atoms with van der Waals surface area (Å²) >= 11 is 1.53. The minimum atomic E-state index is -0.195. The number of hydrogen-bond acceptors (Lipinski definition) is 4. The number of hydrogen-bond donors (Lipinski definition) is 1. The van der Waals surface area contributed by atoms with Gasteiger partial charge in [-0.25, -0.2) is 4.98 Å². The first-order valence-corrected chi connectivity index (χ1v) is 9.80. The highest BCUT2D eigenvalue weighted by Crippen LogP contribution is 2.40. The highest BCUT2D eigenvalue weighted by molar-refractivity contribution is 7.16. The largest absolute Gasteiger partial charge is 0.457 e. The first-order valence-electron chi connectivity index (χ1n) is 8.98. The van der Waals surface area contributed by atoms with E-state index in [1.165, 1.54) is 21.8 Å². The first kappa shape index (κ1) is 16.7.